The highest BCUT2D eigenvalue weighted by Crippen LogP contribution is 2.08. The smallest absolute Gasteiger partial charge is 0.189 e. The molecule has 1 saturated heterocycles. The molecule has 0 saturated carbocycles. The Kier molecular flexibility index (Phi) is 4.68. The van der Waals surface area contributed by atoms with E-state index in [1.807, 2.05) is 19.1 Å². The number of rotatable bonds is 2. The predicted molar refractivity (Wildman–Crippen MR) is 80.9 cm³/mol. The molecule has 0 amide bonds. The predicted octanol–water partition coefficient (Wildman–Crippen LogP) is 1.37. The van der Waals surface area contributed by atoms with Gasteiger partial charge in [0.15, 0.2) is 10.9 Å². The molecule has 1 aliphatic rings. The zero-order chi connectivity index (χ0) is 13.7. The fourth-order valence-electron chi connectivity index (χ4n) is 2.01. The summed E-state index contributed by atoms with van der Waals surface area (Å²) in [6.07, 6.45) is 5.36. The number of hydrogen-bond acceptors (Lipinski definition) is 3. The second-order valence-corrected chi connectivity index (χ2v) is 5.07. The Morgan fingerprint density at radius 1 is 1.42 bits per heavy atom. The molecule has 1 aliphatic heterocycles. The largest absolute Gasteiger partial charge is 0.380 e. The van der Waals surface area contributed by atoms with Crippen molar-refractivity contribution in [1.29, 1.82) is 0 Å². The average molecular weight is 277 g/mol. The Balaban J connectivity index is 1.95. The van der Waals surface area contributed by atoms with Gasteiger partial charge in [0.2, 0.25) is 0 Å². The van der Waals surface area contributed by atoms with Crippen LogP contribution in [0.5, 0.6) is 0 Å². The van der Waals surface area contributed by atoms with Crippen LogP contribution in [0.4, 0.5) is 0 Å². The quantitative estimate of drug-likeness (QED) is 0.370. The summed E-state index contributed by atoms with van der Waals surface area (Å²) in [4.78, 5) is 6.30. The maximum Gasteiger partial charge on any atom is 0.189 e. The van der Waals surface area contributed by atoms with Gasteiger partial charge in [0, 0.05) is 19.3 Å². The molecule has 1 fully saturated rings. The molecule has 0 atom stereocenters. The molecule has 0 aliphatic carbocycles. The second-order valence-electron chi connectivity index (χ2n) is 4.68. The molecule has 6 heteroatoms. The lowest BCUT2D eigenvalue weighted by atomic mass is 10.1. The number of aryl methyl sites for hydroxylation is 1. The molecule has 0 bridgehead atoms. The van der Waals surface area contributed by atoms with E-state index < -0.39 is 0 Å². The summed E-state index contributed by atoms with van der Waals surface area (Å²) in [5.41, 5.74) is 10.5. The second kappa shape index (κ2) is 6.47. The molecule has 2 rings (SSSR count). The summed E-state index contributed by atoms with van der Waals surface area (Å²) in [5, 5.41) is 4.74. The standard InChI is InChI=1S/C13H19N5S/c1-10-5-6-15-11(9-10)12(14)16-17-13(19)18-7-3-2-4-8-18/h5-6,9H,2-4,7-8H2,1H3,(H2,14,16)(H,17,19). The third kappa shape index (κ3) is 3.89. The highest BCUT2D eigenvalue weighted by molar-refractivity contribution is 7.80. The van der Waals surface area contributed by atoms with Gasteiger partial charge in [-0.1, -0.05) is 0 Å². The minimum absolute atomic E-state index is 0.350. The van der Waals surface area contributed by atoms with Crippen LogP contribution in [-0.2, 0) is 0 Å². The number of piperidine rings is 1. The SMILES string of the molecule is Cc1ccnc(/C(N)=N/NC(=S)N2CCCCC2)c1. The first kappa shape index (κ1) is 13.7. The summed E-state index contributed by atoms with van der Waals surface area (Å²) in [7, 11) is 0. The van der Waals surface area contributed by atoms with E-state index in [9.17, 15) is 0 Å². The van der Waals surface area contributed by atoms with E-state index in [2.05, 4.69) is 20.4 Å². The molecule has 2 heterocycles. The minimum Gasteiger partial charge on any atom is -0.380 e. The maximum absolute atomic E-state index is 5.89. The zero-order valence-corrected chi connectivity index (χ0v) is 11.9. The van der Waals surface area contributed by atoms with Crippen molar-refractivity contribution in [2.75, 3.05) is 13.1 Å². The molecule has 0 radical (unpaired) electrons. The molecule has 0 aromatic carbocycles. The van der Waals surface area contributed by atoms with Gasteiger partial charge in [-0.05, 0) is 56.1 Å². The minimum atomic E-state index is 0.350. The molecule has 3 N–H and O–H groups in total. The van der Waals surface area contributed by atoms with Gasteiger partial charge in [-0.3, -0.25) is 10.4 Å². The van der Waals surface area contributed by atoms with Crippen LogP contribution >= 0.6 is 12.2 Å². The maximum atomic E-state index is 5.89. The number of nitrogens with zero attached hydrogens (tertiary/aromatic N) is 3. The van der Waals surface area contributed by atoms with Gasteiger partial charge in [-0.2, -0.15) is 5.10 Å². The summed E-state index contributed by atoms with van der Waals surface area (Å²) in [5.74, 6) is 0.350. The third-order valence-corrected chi connectivity index (χ3v) is 3.44. The van der Waals surface area contributed by atoms with Crippen molar-refractivity contribution >= 4 is 23.2 Å². The van der Waals surface area contributed by atoms with Gasteiger partial charge in [0.25, 0.3) is 0 Å². The summed E-state index contributed by atoms with van der Waals surface area (Å²) in [6, 6.07) is 3.81. The lowest BCUT2D eigenvalue weighted by Crippen LogP contribution is -2.41. The molecule has 102 valence electrons. The Morgan fingerprint density at radius 2 is 2.16 bits per heavy atom. The van der Waals surface area contributed by atoms with Gasteiger partial charge in [-0.25, -0.2) is 0 Å². The Bertz CT molecular complexity index is 480. The monoisotopic (exact) mass is 277 g/mol. The Labute approximate surface area is 118 Å². The van der Waals surface area contributed by atoms with Gasteiger partial charge < -0.3 is 10.6 Å². The lowest BCUT2D eigenvalue weighted by Gasteiger charge is -2.28. The van der Waals surface area contributed by atoms with Gasteiger partial charge in [-0.15, -0.1) is 0 Å². The number of nitrogens with one attached hydrogen (secondary N) is 1. The van der Waals surface area contributed by atoms with Crippen LogP contribution in [0.2, 0.25) is 0 Å². The van der Waals surface area contributed by atoms with Crippen molar-refractivity contribution in [2.24, 2.45) is 10.8 Å². The molecular weight excluding hydrogens is 258 g/mol. The fraction of sp³-hybridized carbons (Fsp3) is 0.462. The molecule has 19 heavy (non-hydrogen) atoms. The van der Waals surface area contributed by atoms with E-state index in [1.165, 1.54) is 19.3 Å². The molecule has 5 nitrogen and oxygen atoms in total. The molecule has 0 spiro atoms. The Hall–Kier alpha value is -1.69. The van der Waals surface area contributed by atoms with Gasteiger partial charge in [0.1, 0.15) is 5.69 Å². The topological polar surface area (TPSA) is 66.5 Å². The van der Waals surface area contributed by atoms with Crippen molar-refractivity contribution < 1.29 is 0 Å². The Morgan fingerprint density at radius 3 is 2.84 bits per heavy atom. The summed E-state index contributed by atoms with van der Waals surface area (Å²) < 4.78 is 0. The van der Waals surface area contributed by atoms with Crippen LogP contribution in [0.1, 0.15) is 30.5 Å². The highest BCUT2D eigenvalue weighted by atomic mass is 32.1. The van der Waals surface area contributed by atoms with Crippen molar-refractivity contribution in [3.05, 3.63) is 29.6 Å². The number of thiocarbonyl (C=S) groups is 1. The summed E-state index contributed by atoms with van der Waals surface area (Å²) in [6.45, 7) is 3.97. The fourth-order valence-corrected chi connectivity index (χ4v) is 2.24. The molecular formula is C13H19N5S. The molecule has 0 unspecified atom stereocenters. The van der Waals surface area contributed by atoms with E-state index in [1.54, 1.807) is 6.20 Å². The molecule has 1 aromatic heterocycles. The third-order valence-electron chi connectivity index (χ3n) is 3.09. The van der Waals surface area contributed by atoms with Crippen LogP contribution in [0.15, 0.2) is 23.4 Å². The number of likely N-dealkylation sites (tertiary alicyclic amines) is 1. The molecule has 1 aromatic rings. The van der Waals surface area contributed by atoms with Gasteiger partial charge in [0.05, 0.1) is 0 Å². The van der Waals surface area contributed by atoms with Crippen LogP contribution in [0, 0.1) is 6.92 Å². The highest BCUT2D eigenvalue weighted by Gasteiger charge is 2.12. The normalized spacial score (nSPS) is 16.3. The van der Waals surface area contributed by atoms with E-state index in [4.69, 9.17) is 18.0 Å². The average Bonchev–Trinajstić information content (AvgIpc) is 2.45. The number of hydrogen-bond donors (Lipinski definition) is 2. The first-order valence-corrected chi connectivity index (χ1v) is 6.89. The number of nitrogens with two attached hydrogens (primary N) is 1. The van der Waals surface area contributed by atoms with Gasteiger partial charge >= 0.3 is 0 Å². The number of amidine groups is 1. The van der Waals surface area contributed by atoms with E-state index in [0.29, 0.717) is 16.6 Å². The van der Waals surface area contributed by atoms with Crippen molar-refractivity contribution in [2.45, 2.75) is 26.2 Å². The summed E-state index contributed by atoms with van der Waals surface area (Å²) >= 11 is 5.30. The first-order valence-electron chi connectivity index (χ1n) is 6.48. The van der Waals surface area contributed by atoms with Crippen LogP contribution in [0.3, 0.4) is 0 Å². The van der Waals surface area contributed by atoms with Crippen molar-refractivity contribution in [1.82, 2.24) is 15.3 Å². The van der Waals surface area contributed by atoms with Crippen LogP contribution in [-0.4, -0.2) is 33.9 Å². The number of aromatic nitrogens is 1. The van der Waals surface area contributed by atoms with Crippen molar-refractivity contribution in [3.8, 4) is 0 Å². The number of hydrazone groups is 1. The van der Waals surface area contributed by atoms with E-state index in [0.717, 1.165) is 18.7 Å². The van der Waals surface area contributed by atoms with Crippen LogP contribution < -0.4 is 11.2 Å². The van der Waals surface area contributed by atoms with Crippen LogP contribution in [0.25, 0.3) is 0 Å². The van der Waals surface area contributed by atoms with Crippen molar-refractivity contribution in [3.63, 3.8) is 0 Å². The van der Waals surface area contributed by atoms with E-state index in [-0.39, 0.29) is 0 Å². The lowest BCUT2D eigenvalue weighted by molar-refractivity contribution is 0.338. The number of pyridine rings is 1. The first-order chi connectivity index (χ1) is 9.16. The van der Waals surface area contributed by atoms with E-state index >= 15 is 0 Å². The zero-order valence-electron chi connectivity index (χ0n) is 11.1.